The smallest absolute Gasteiger partial charge is 0.264 e. The Kier molecular flexibility index (Phi) is 10.9. The largest absolute Gasteiger partial charge is 0.354 e. The van der Waals surface area contributed by atoms with Crippen molar-refractivity contribution in [1.82, 2.24) is 10.2 Å². The molecule has 0 unspecified atom stereocenters. The standard InChI is InChI=1S/C29H32Cl3N3O4S/c1-19(2)16-33-29(37)21(4)34(17-24-25(31)11-8-12-26(24)32)28(36)18-35(27-14-13-22(30)15-20(27)3)40(38,39)23-9-6-5-7-10-23/h5-15,19,21H,16-18H2,1-4H3,(H,33,37)/t21-/m0/s1. The molecule has 0 saturated heterocycles. The van der Waals surface area contributed by atoms with Crippen molar-refractivity contribution < 1.29 is 18.0 Å². The number of halogens is 3. The van der Waals surface area contributed by atoms with Crippen LogP contribution in [0.5, 0.6) is 0 Å². The molecule has 1 N–H and O–H groups in total. The van der Waals surface area contributed by atoms with E-state index in [1.165, 1.54) is 17.0 Å². The van der Waals surface area contributed by atoms with Crippen LogP contribution in [0.25, 0.3) is 0 Å². The molecule has 3 rings (SSSR count). The lowest BCUT2D eigenvalue weighted by Gasteiger charge is -2.33. The fourth-order valence-electron chi connectivity index (χ4n) is 4.02. The molecule has 0 aliphatic heterocycles. The Morgan fingerprint density at radius 1 is 0.900 bits per heavy atom. The summed E-state index contributed by atoms with van der Waals surface area (Å²) in [6.45, 7) is 6.94. The predicted molar refractivity (Wildman–Crippen MR) is 161 cm³/mol. The van der Waals surface area contributed by atoms with Gasteiger partial charge in [-0.05, 0) is 67.8 Å². The minimum Gasteiger partial charge on any atom is -0.354 e. The number of nitrogens with one attached hydrogen (secondary N) is 1. The summed E-state index contributed by atoms with van der Waals surface area (Å²) < 4.78 is 28.8. The van der Waals surface area contributed by atoms with Crippen LogP contribution in [0.1, 0.15) is 31.9 Å². The van der Waals surface area contributed by atoms with Gasteiger partial charge in [-0.15, -0.1) is 0 Å². The Morgan fingerprint density at radius 2 is 1.52 bits per heavy atom. The van der Waals surface area contributed by atoms with Gasteiger partial charge in [0.05, 0.1) is 10.6 Å². The van der Waals surface area contributed by atoms with Crippen molar-refractivity contribution in [1.29, 1.82) is 0 Å². The first kappa shape index (κ1) is 31.7. The Labute approximate surface area is 251 Å². The van der Waals surface area contributed by atoms with Gasteiger partial charge in [-0.3, -0.25) is 13.9 Å². The molecule has 0 bridgehead atoms. The highest BCUT2D eigenvalue weighted by Crippen LogP contribution is 2.30. The number of hydrogen-bond donors (Lipinski definition) is 1. The lowest BCUT2D eigenvalue weighted by atomic mass is 10.1. The molecule has 2 amide bonds. The van der Waals surface area contributed by atoms with E-state index in [9.17, 15) is 18.0 Å². The maximum Gasteiger partial charge on any atom is 0.264 e. The van der Waals surface area contributed by atoms with Crippen molar-refractivity contribution >= 4 is 62.3 Å². The monoisotopic (exact) mass is 623 g/mol. The molecule has 3 aromatic carbocycles. The van der Waals surface area contributed by atoms with E-state index in [-0.39, 0.29) is 29.0 Å². The van der Waals surface area contributed by atoms with Crippen LogP contribution in [0.4, 0.5) is 5.69 Å². The fourth-order valence-corrected chi connectivity index (χ4v) is 6.26. The average Bonchev–Trinajstić information content (AvgIpc) is 2.90. The van der Waals surface area contributed by atoms with E-state index in [0.717, 1.165) is 4.31 Å². The molecule has 1 atom stereocenters. The highest BCUT2D eigenvalue weighted by molar-refractivity contribution is 7.92. The highest BCUT2D eigenvalue weighted by Gasteiger charge is 2.33. The summed E-state index contributed by atoms with van der Waals surface area (Å²) in [7, 11) is -4.18. The van der Waals surface area contributed by atoms with E-state index in [1.807, 2.05) is 13.8 Å². The first-order valence-corrected chi connectivity index (χ1v) is 15.2. The minimum absolute atomic E-state index is 0.0144. The molecule has 0 spiro atoms. The lowest BCUT2D eigenvalue weighted by Crippen LogP contribution is -2.51. The SMILES string of the molecule is Cc1cc(Cl)ccc1N(CC(=O)N(Cc1c(Cl)cccc1Cl)[C@@H](C)C(=O)NCC(C)C)S(=O)(=O)c1ccccc1. The van der Waals surface area contributed by atoms with Crippen LogP contribution < -0.4 is 9.62 Å². The van der Waals surface area contributed by atoms with Crippen molar-refractivity contribution in [3.05, 3.63) is 92.9 Å². The third-order valence-corrected chi connectivity index (χ3v) is 9.00. The van der Waals surface area contributed by atoms with Crippen LogP contribution in [0.2, 0.25) is 15.1 Å². The van der Waals surface area contributed by atoms with E-state index in [4.69, 9.17) is 34.8 Å². The number of carbonyl (C=O) groups excluding carboxylic acids is 2. The third-order valence-electron chi connectivity index (χ3n) is 6.28. The Hall–Kier alpha value is -2.78. The molecule has 0 aromatic heterocycles. The predicted octanol–water partition coefficient (Wildman–Crippen LogP) is 6.34. The van der Waals surface area contributed by atoms with Crippen molar-refractivity contribution in [2.75, 3.05) is 17.4 Å². The second kappa shape index (κ2) is 13.7. The molecule has 0 heterocycles. The van der Waals surface area contributed by atoms with Gasteiger partial charge in [0.25, 0.3) is 10.0 Å². The number of rotatable bonds is 11. The first-order valence-electron chi connectivity index (χ1n) is 12.7. The maximum atomic E-state index is 14.0. The van der Waals surface area contributed by atoms with Crippen molar-refractivity contribution in [2.45, 2.75) is 45.2 Å². The van der Waals surface area contributed by atoms with Gasteiger partial charge in [0.1, 0.15) is 12.6 Å². The summed E-state index contributed by atoms with van der Waals surface area (Å²) in [6.07, 6.45) is 0. The molecule has 7 nitrogen and oxygen atoms in total. The topological polar surface area (TPSA) is 86.8 Å². The Bertz CT molecular complexity index is 1450. The zero-order valence-electron chi connectivity index (χ0n) is 22.7. The molecule has 11 heteroatoms. The molecular formula is C29H32Cl3N3O4S. The second-order valence-corrected chi connectivity index (χ2v) is 12.9. The van der Waals surface area contributed by atoms with E-state index in [2.05, 4.69) is 5.32 Å². The summed E-state index contributed by atoms with van der Waals surface area (Å²) in [5.41, 5.74) is 1.29. The number of benzene rings is 3. The summed E-state index contributed by atoms with van der Waals surface area (Å²) in [5, 5.41) is 3.91. The molecule has 0 fully saturated rings. The summed E-state index contributed by atoms with van der Waals surface area (Å²) in [5.74, 6) is -0.805. The number of sulfonamides is 1. The fraction of sp³-hybridized carbons (Fsp3) is 0.310. The van der Waals surface area contributed by atoms with E-state index >= 15 is 0 Å². The van der Waals surface area contributed by atoms with Gasteiger partial charge in [-0.25, -0.2) is 8.42 Å². The van der Waals surface area contributed by atoms with Gasteiger partial charge < -0.3 is 10.2 Å². The minimum atomic E-state index is -4.18. The Balaban J connectivity index is 2.07. The second-order valence-electron chi connectivity index (χ2n) is 9.79. The van der Waals surface area contributed by atoms with Gasteiger partial charge in [0.2, 0.25) is 11.8 Å². The van der Waals surface area contributed by atoms with Crippen molar-refractivity contribution in [3.8, 4) is 0 Å². The zero-order valence-corrected chi connectivity index (χ0v) is 25.8. The molecule has 0 radical (unpaired) electrons. The number of anilines is 1. The summed E-state index contributed by atoms with van der Waals surface area (Å²) >= 11 is 19.0. The van der Waals surface area contributed by atoms with Crippen molar-refractivity contribution in [2.24, 2.45) is 5.92 Å². The molecule has 0 aliphatic carbocycles. The van der Waals surface area contributed by atoms with Crippen LogP contribution in [-0.4, -0.2) is 44.3 Å². The molecule has 0 saturated carbocycles. The molecule has 214 valence electrons. The lowest BCUT2D eigenvalue weighted by molar-refractivity contribution is -0.139. The molecule has 0 aliphatic rings. The number of aryl methyl sites for hydroxylation is 1. The average molecular weight is 625 g/mol. The van der Waals surface area contributed by atoms with Crippen molar-refractivity contribution in [3.63, 3.8) is 0 Å². The number of carbonyl (C=O) groups is 2. The molecular weight excluding hydrogens is 593 g/mol. The van der Waals surface area contributed by atoms with Gasteiger partial charge >= 0.3 is 0 Å². The quantitative estimate of drug-likeness (QED) is 0.270. The van der Waals surface area contributed by atoms with Crippen LogP contribution in [0.3, 0.4) is 0 Å². The summed E-state index contributed by atoms with van der Waals surface area (Å²) in [6, 6.07) is 16.6. The summed E-state index contributed by atoms with van der Waals surface area (Å²) in [4.78, 5) is 28.4. The normalized spacial score (nSPS) is 12.2. The van der Waals surface area contributed by atoms with Gasteiger partial charge in [0, 0.05) is 33.7 Å². The first-order chi connectivity index (χ1) is 18.8. The van der Waals surface area contributed by atoms with Gasteiger partial charge in [-0.1, -0.05) is 72.9 Å². The number of nitrogens with zero attached hydrogens (tertiary/aromatic N) is 2. The van der Waals surface area contributed by atoms with Crippen LogP contribution in [0, 0.1) is 12.8 Å². The van der Waals surface area contributed by atoms with Crippen LogP contribution in [-0.2, 0) is 26.2 Å². The third kappa shape index (κ3) is 7.69. The maximum absolute atomic E-state index is 14.0. The molecule has 3 aromatic rings. The number of hydrogen-bond acceptors (Lipinski definition) is 4. The van der Waals surface area contributed by atoms with Gasteiger partial charge in [0.15, 0.2) is 0 Å². The molecule has 40 heavy (non-hydrogen) atoms. The van der Waals surface area contributed by atoms with Crippen LogP contribution in [0.15, 0.2) is 71.6 Å². The zero-order chi connectivity index (χ0) is 29.6. The van der Waals surface area contributed by atoms with Gasteiger partial charge in [-0.2, -0.15) is 0 Å². The number of amides is 2. The van der Waals surface area contributed by atoms with E-state index in [1.54, 1.807) is 68.4 Å². The Morgan fingerprint density at radius 3 is 2.10 bits per heavy atom. The van der Waals surface area contributed by atoms with E-state index in [0.29, 0.717) is 32.7 Å². The van der Waals surface area contributed by atoms with E-state index < -0.39 is 28.5 Å². The highest BCUT2D eigenvalue weighted by atomic mass is 35.5. The van der Waals surface area contributed by atoms with Crippen LogP contribution >= 0.6 is 34.8 Å².